The lowest BCUT2D eigenvalue weighted by molar-refractivity contribution is 1.21. The fourth-order valence-corrected chi connectivity index (χ4v) is 3.93. The first kappa shape index (κ1) is 21.7. The van der Waals surface area contributed by atoms with Gasteiger partial charge in [-0.25, -0.2) is 0 Å². The maximum Gasteiger partial charge on any atom is 0.0330 e. The molecule has 0 saturated carbocycles. The minimum absolute atomic E-state index is 0.857. The Morgan fingerprint density at radius 2 is 0.853 bits per heavy atom. The first-order valence-corrected chi connectivity index (χ1v) is 11.4. The van der Waals surface area contributed by atoms with Crippen molar-refractivity contribution in [2.75, 3.05) is 0 Å². The van der Waals surface area contributed by atoms with Gasteiger partial charge in [0.15, 0.2) is 0 Å². The third-order valence-electron chi connectivity index (χ3n) is 6.21. The predicted octanol–water partition coefficient (Wildman–Crippen LogP) is 9.06. The first-order valence-electron chi connectivity index (χ1n) is 11.4. The van der Waals surface area contributed by atoms with Crippen molar-refractivity contribution in [1.82, 2.24) is 0 Å². The number of fused-ring (bicyclic) bond motifs is 4. The third-order valence-corrected chi connectivity index (χ3v) is 6.21. The van der Waals surface area contributed by atoms with Gasteiger partial charge in [-0.1, -0.05) is 74.5 Å². The summed E-state index contributed by atoms with van der Waals surface area (Å²) in [6.45, 7) is 7.97. The van der Waals surface area contributed by atoms with E-state index < -0.39 is 0 Å². The number of benzene rings is 4. The lowest BCUT2D eigenvalue weighted by atomic mass is 10.0. The second kappa shape index (κ2) is 8.99. The highest BCUT2D eigenvalue weighted by atomic mass is 14.9. The molecule has 168 valence electrons. The van der Waals surface area contributed by atoms with Crippen molar-refractivity contribution in [2.24, 2.45) is 9.98 Å². The minimum Gasteiger partial charge on any atom is -0.660 e. The van der Waals surface area contributed by atoms with Gasteiger partial charge in [0.05, 0.1) is 0 Å². The van der Waals surface area contributed by atoms with Gasteiger partial charge in [-0.3, -0.25) is 9.98 Å². The lowest BCUT2D eigenvalue weighted by Gasteiger charge is -2.29. The summed E-state index contributed by atoms with van der Waals surface area (Å²) >= 11 is 0. The fourth-order valence-electron chi connectivity index (χ4n) is 3.93. The quantitative estimate of drug-likeness (QED) is 0.261. The van der Waals surface area contributed by atoms with Gasteiger partial charge in [-0.05, 0) is 58.7 Å². The van der Waals surface area contributed by atoms with Gasteiger partial charge in [0.1, 0.15) is 0 Å². The fraction of sp³-hybridized carbons (Fsp3) is 0.133. The number of nitrogens with zero attached hydrogens (tertiary/aromatic N) is 4. The molecule has 0 amide bonds. The van der Waals surface area contributed by atoms with Gasteiger partial charge in [0.2, 0.25) is 0 Å². The number of rotatable bonds is 0. The molecule has 0 N–H and O–H groups in total. The summed E-state index contributed by atoms with van der Waals surface area (Å²) in [5.41, 5.74) is 7.12. The Bertz CT molecular complexity index is 1420. The van der Waals surface area contributed by atoms with E-state index in [9.17, 15) is 0 Å². The molecular formula is C30H26N4-2. The van der Waals surface area contributed by atoms with Crippen molar-refractivity contribution in [3.8, 4) is 0 Å². The van der Waals surface area contributed by atoms with Crippen LogP contribution >= 0.6 is 0 Å². The molecule has 4 aromatic rings. The molecule has 0 saturated heterocycles. The molecule has 0 radical (unpaired) electrons. The van der Waals surface area contributed by atoms with Crippen LogP contribution in [0.25, 0.3) is 32.2 Å². The van der Waals surface area contributed by atoms with Gasteiger partial charge in [0, 0.05) is 23.8 Å². The van der Waals surface area contributed by atoms with Crippen LogP contribution < -0.4 is 0 Å². The topological polar surface area (TPSA) is 52.9 Å². The van der Waals surface area contributed by atoms with E-state index in [2.05, 4.69) is 48.5 Å². The van der Waals surface area contributed by atoms with E-state index in [0.717, 1.165) is 66.8 Å². The molecule has 0 fully saturated rings. The van der Waals surface area contributed by atoms with Crippen LogP contribution in [0.3, 0.4) is 0 Å². The Labute approximate surface area is 200 Å². The summed E-state index contributed by atoms with van der Waals surface area (Å²) in [6.07, 6.45) is 3.77. The summed E-state index contributed by atoms with van der Waals surface area (Å²) in [4.78, 5) is 9.54. The Balaban J connectivity index is 1.68. The van der Waals surface area contributed by atoms with E-state index in [1.54, 1.807) is 0 Å². The molecule has 4 aromatic carbocycles. The highest BCUT2D eigenvalue weighted by molar-refractivity contribution is 6.00. The molecule has 1 aliphatic heterocycles. The Morgan fingerprint density at radius 3 is 1.24 bits per heavy atom. The van der Waals surface area contributed by atoms with Crippen LogP contribution in [0.4, 0.5) is 11.4 Å². The van der Waals surface area contributed by atoms with E-state index in [1.807, 2.05) is 64.4 Å². The van der Waals surface area contributed by atoms with Crippen LogP contribution in [0.5, 0.6) is 0 Å². The molecule has 4 heteroatoms. The number of allylic oxidation sites excluding steroid dienone is 4. The van der Waals surface area contributed by atoms with E-state index in [1.165, 1.54) is 0 Å². The van der Waals surface area contributed by atoms with E-state index in [-0.39, 0.29) is 0 Å². The van der Waals surface area contributed by atoms with E-state index in [0.29, 0.717) is 0 Å². The maximum absolute atomic E-state index is 4.94. The molecule has 0 spiro atoms. The highest BCUT2D eigenvalue weighted by Crippen LogP contribution is 2.35. The zero-order chi connectivity index (χ0) is 23.7. The molecule has 0 aliphatic carbocycles. The van der Waals surface area contributed by atoms with Crippen LogP contribution in [0.2, 0.25) is 0 Å². The zero-order valence-corrected chi connectivity index (χ0v) is 19.9. The third kappa shape index (κ3) is 4.35. The van der Waals surface area contributed by atoms with Gasteiger partial charge in [-0.2, -0.15) is 0 Å². The van der Waals surface area contributed by atoms with E-state index in [4.69, 9.17) is 20.6 Å². The van der Waals surface area contributed by atoms with Gasteiger partial charge < -0.3 is 10.6 Å². The Kier molecular flexibility index (Phi) is 5.72. The predicted molar refractivity (Wildman–Crippen MR) is 146 cm³/mol. The molecule has 5 rings (SSSR count). The van der Waals surface area contributed by atoms with Crippen LogP contribution in [-0.2, 0) is 0 Å². The Morgan fingerprint density at radius 1 is 0.500 bits per heavy atom. The summed E-state index contributed by atoms with van der Waals surface area (Å²) in [7, 11) is 0. The maximum atomic E-state index is 4.94. The van der Waals surface area contributed by atoms with Gasteiger partial charge >= 0.3 is 0 Å². The summed E-state index contributed by atoms with van der Waals surface area (Å²) in [5, 5.41) is 14.5. The van der Waals surface area contributed by atoms with Crippen LogP contribution in [0.15, 0.2) is 106 Å². The second-order valence-corrected chi connectivity index (χ2v) is 8.60. The molecule has 4 nitrogen and oxygen atoms in total. The monoisotopic (exact) mass is 442 g/mol. The van der Waals surface area contributed by atoms with Crippen molar-refractivity contribution >= 4 is 45.3 Å². The average Bonchev–Trinajstić information content (AvgIpc) is 2.85. The molecule has 0 bridgehead atoms. The van der Waals surface area contributed by atoms with Crippen LogP contribution in [0, 0.1) is 0 Å². The molecule has 0 aromatic heterocycles. The van der Waals surface area contributed by atoms with Crippen molar-refractivity contribution < 1.29 is 0 Å². The van der Waals surface area contributed by atoms with Crippen molar-refractivity contribution in [2.45, 2.75) is 27.7 Å². The summed E-state index contributed by atoms with van der Waals surface area (Å²) in [5.74, 6) is 0. The van der Waals surface area contributed by atoms with Crippen molar-refractivity contribution in [3.05, 3.63) is 117 Å². The number of hydrogen-bond donors (Lipinski definition) is 0. The van der Waals surface area contributed by atoms with Crippen LogP contribution in [-0.4, -0.2) is 12.4 Å². The summed E-state index contributed by atoms with van der Waals surface area (Å²) < 4.78 is 0. The van der Waals surface area contributed by atoms with Crippen LogP contribution in [0.1, 0.15) is 38.8 Å². The molecule has 34 heavy (non-hydrogen) atoms. The van der Waals surface area contributed by atoms with E-state index >= 15 is 0 Å². The molecule has 1 heterocycles. The largest absolute Gasteiger partial charge is 0.660 e. The molecule has 0 atom stereocenters. The number of hydrogen-bond acceptors (Lipinski definition) is 2. The first-order chi connectivity index (χ1) is 16.5. The summed E-state index contributed by atoms with van der Waals surface area (Å²) in [6, 6.07) is 25.1. The van der Waals surface area contributed by atoms with Crippen molar-refractivity contribution in [3.63, 3.8) is 0 Å². The SMILES string of the molecule is C/C1=C(\C)[N-]c2cc3ccccc3cc2C=N/C(C)=C(/C)[N-]c2cc3ccccc3cc2C=N1. The van der Waals surface area contributed by atoms with Crippen molar-refractivity contribution in [1.29, 1.82) is 0 Å². The smallest absolute Gasteiger partial charge is 0.0330 e. The minimum atomic E-state index is 0.857. The lowest BCUT2D eigenvalue weighted by Crippen LogP contribution is -1.92. The second-order valence-electron chi connectivity index (χ2n) is 8.60. The normalized spacial score (nSPS) is 18.7. The number of aliphatic imine (C=N–C) groups is 2. The highest BCUT2D eigenvalue weighted by Gasteiger charge is 2.02. The molecule has 0 unspecified atom stereocenters. The molecular weight excluding hydrogens is 416 g/mol. The van der Waals surface area contributed by atoms with Gasteiger partial charge in [0.25, 0.3) is 0 Å². The van der Waals surface area contributed by atoms with Gasteiger partial charge in [-0.15, -0.1) is 22.8 Å². The average molecular weight is 443 g/mol. The zero-order valence-electron chi connectivity index (χ0n) is 19.9. The standard InChI is InChI=1S/C30H26N4/c1-19-21(3)33-29-15-25-11-7-6-10-24(25)14-28(29)18-32-20(2)22(4)34-30-16-26-12-8-5-9-23(26)13-27(30)17-31-19/h5-18H,1-4H3/q-2/b21-19-,22-20-,31-17?,32-18?. The Hall–Kier alpha value is -4.18. The molecule has 1 aliphatic rings.